The number of hydrogen-bond acceptors (Lipinski definition) is 5. The molecule has 0 aromatic heterocycles. The first-order chi connectivity index (χ1) is 4.46. The van der Waals surface area contributed by atoms with Crippen LogP contribution in [0.5, 0.6) is 0 Å². The normalized spacial score (nSPS) is 4.31. The molecule has 12 N–H and O–H groups in total. The van der Waals surface area contributed by atoms with Crippen LogP contribution in [0.1, 0.15) is 13.8 Å². The number of carboxylic acid groups (broad SMARTS) is 2. The maximum Gasteiger partial charge on any atom is 0.0383 e. The molecule has 86 valence electrons. The van der Waals surface area contributed by atoms with Gasteiger partial charge in [0, 0.05) is 11.9 Å². The van der Waals surface area contributed by atoms with Crippen LogP contribution in [0.2, 0.25) is 0 Å². The second-order valence-corrected chi connectivity index (χ2v) is 0.983. The molecule has 0 unspecified atom stereocenters. The first-order valence-electron chi connectivity index (χ1n) is 2.22. The molecule has 0 aliphatic carbocycles. The molecule has 8 nitrogen and oxygen atoms in total. The van der Waals surface area contributed by atoms with Gasteiger partial charge in [-0.2, -0.15) is 7.11 Å². The van der Waals surface area contributed by atoms with Gasteiger partial charge < -0.3 is 43.4 Å². The van der Waals surface area contributed by atoms with Crippen molar-refractivity contribution in [1.29, 1.82) is 0 Å². The highest BCUT2D eigenvalue weighted by atomic mass is 16.4. The van der Waals surface area contributed by atoms with Gasteiger partial charge in [0.25, 0.3) is 0 Å². The van der Waals surface area contributed by atoms with Gasteiger partial charge in [-0.05, 0) is 13.8 Å². The van der Waals surface area contributed by atoms with E-state index >= 15 is 0 Å². The summed E-state index contributed by atoms with van der Waals surface area (Å²) >= 11 is 0. The Balaban J connectivity index is -0.0000000133. The molecule has 0 atom stereocenters. The van der Waals surface area contributed by atoms with Crippen molar-refractivity contribution < 1.29 is 24.9 Å². The van der Waals surface area contributed by atoms with E-state index in [4.69, 9.17) is 24.9 Å². The largest absolute Gasteiger partial charge is 0.857 e. The monoisotopic (exact) mass is 203 g/mol. The molecule has 0 bridgehead atoms. The highest BCUT2D eigenvalue weighted by Crippen LogP contribution is 1.31. The number of rotatable bonds is 0. The minimum Gasteiger partial charge on any atom is -0.857 e. The van der Waals surface area contributed by atoms with Crippen molar-refractivity contribution >= 4 is 11.9 Å². The van der Waals surface area contributed by atoms with E-state index in [1.165, 1.54) is 0 Å². The Hall–Kier alpha value is -1.22. The highest BCUT2D eigenvalue weighted by Gasteiger charge is 1.46. The standard InChI is InChI=1S/2C2H4O2.CH3O.3H3N/c2*1-2(3)4;1-2;;;/h2*1H3,(H,3,4);1H3;3*1H3/q;;-1;;;/p+1. The van der Waals surface area contributed by atoms with E-state index in [0.29, 0.717) is 0 Å². The Kier molecular flexibility index (Phi) is 142. The summed E-state index contributed by atoms with van der Waals surface area (Å²) in [6, 6.07) is 0. The van der Waals surface area contributed by atoms with E-state index in [1.54, 1.807) is 0 Å². The van der Waals surface area contributed by atoms with Crippen LogP contribution in [-0.2, 0) is 9.59 Å². The summed E-state index contributed by atoms with van der Waals surface area (Å²) in [5.41, 5.74) is 0. The third-order valence-corrected chi connectivity index (χ3v) is 0. The summed E-state index contributed by atoms with van der Waals surface area (Å²) in [6.07, 6.45) is 0. The van der Waals surface area contributed by atoms with E-state index in [2.05, 4.69) is 0 Å². The number of hydrogen-bond donors (Lipinski definition) is 3. The third kappa shape index (κ3) is 558. The molecular weight excluding hydrogens is 182 g/mol. The van der Waals surface area contributed by atoms with Crippen molar-refractivity contribution in [2.45, 2.75) is 13.8 Å². The fourth-order valence-corrected chi connectivity index (χ4v) is 0. The van der Waals surface area contributed by atoms with Gasteiger partial charge in [-0.1, -0.05) is 0 Å². The molecule has 0 spiro atoms. The minimum atomic E-state index is -1.08. The van der Waals surface area contributed by atoms with Crippen LogP contribution >= 0.6 is 0 Å². The van der Waals surface area contributed by atoms with Gasteiger partial charge >= 0.3 is 0 Å². The van der Waals surface area contributed by atoms with Crippen LogP contribution < -0.4 is 33.8 Å². The molecule has 0 fully saturated rings. The van der Waals surface area contributed by atoms with Crippen molar-refractivity contribution in [3.63, 3.8) is 0 Å². The van der Waals surface area contributed by atoms with Crippen LogP contribution in [0.4, 0.5) is 0 Å². The molecule has 0 saturated carbocycles. The Bertz CT molecular complexity index is 78.2. The lowest BCUT2D eigenvalue weighted by molar-refractivity contribution is -0.325. The van der Waals surface area contributed by atoms with Crippen LogP contribution in [0.25, 0.3) is 0 Å². The number of carboxylic acids is 2. The lowest BCUT2D eigenvalue weighted by Gasteiger charge is -1.77. The Morgan fingerprint density at radius 1 is 0.769 bits per heavy atom. The molecule has 0 radical (unpaired) electrons. The van der Waals surface area contributed by atoms with Crippen LogP contribution in [0.3, 0.4) is 0 Å². The molecule has 8 heteroatoms. The topological polar surface area (TPSA) is 213 Å². The van der Waals surface area contributed by atoms with Gasteiger partial charge in [-0.25, -0.2) is 0 Å². The lowest BCUT2D eigenvalue weighted by Crippen LogP contribution is -2.16. The van der Waals surface area contributed by atoms with Crippen molar-refractivity contribution in [3.05, 3.63) is 0 Å². The lowest BCUT2D eigenvalue weighted by atomic mass is 10.9. The molecule has 0 aromatic carbocycles. The van der Waals surface area contributed by atoms with Crippen LogP contribution in [0, 0.1) is 0 Å². The average molecular weight is 203 g/mol. The number of aliphatic carboxylic acids is 2. The second-order valence-electron chi connectivity index (χ2n) is 0.983. The van der Waals surface area contributed by atoms with E-state index < -0.39 is 11.9 Å². The Morgan fingerprint density at radius 2 is 0.769 bits per heavy atom. The van der Waals surface area contributed by atoms with Gasteiger partial charge in [0.05, 0.1) is 0 Å². The molecule has 0 aliphatic rings. The average Bonchev–Trinajstić information content (AvgIpc) is 1.66. The molecular formula is C5H21N3O5. The Labute approximate surface area is 77.3 Å². The highest BCUT2D eigenvalue weighted by molar-refractivity contribution is 5.60. The van der Waals surface area contributed by atoms with Gasteiger partial charge in [0.1, 0.15) is 0 Å². The van der Waals surface area contributed by atoms with E-state index in [-0.39, 0.29) is 18.5 Å². The zero-order valence-corrected chi connectivity index (χ0v) is 9.04. The fraction of sp³-hybridized carbons (Fsp3) is 0.600. The van der Waals surface area contributed by atoms with Crippen molar-refractivity contribution in [3.8, 4) is 0 Å². The number of quaternary nitrogens is 3. The maximum atomic E-state index is 8.89. The van der Waals surface area contributed by atoms with Crippen LogP contribution in [-0.4, -0.2) is 19.0 Å². The first-order valence-corrected chi connectivity index (χ1v) is 2.22. The zero-order chi connectivity index (χ0) is 9.15. The molecule has 0 aromatic rings. The van der Waals surface area contributed by atoms with Crippen molar-refractivity contribution in [1.82, 2.24) is 18.5 Å². The fourth-order valence-electron chi connectivity index (χ4n) is 0. The smallest absolute Gasteiger partial charge is 0.0383 e. The zero-order valence-electron chi connectivity index (χ0n) is 9.04. The van der Waals surface area contributed by atoms with Gasteiger partial charge in [-0.15, -0.1) is 0 Å². The van der Waals surface area contributed by atoms with E-state index in [1.807, 2.05) is 0 Å². The second kappa shape index (κ2) is 45.1. The first kappa shape index (κ1) is 41.0. The molecule has 13 heavy (non-hydrogen) atoms. The molecule has 0 heterocycles. The summed E-state index contributed by atoms with van der Waals surface area (Å²) in [5.74, 6) is -2.17. The molecule has 0 rings (SSSR count). The summed E-state index contributed by atoms with van der Waals surface area (Å²) in [7, 11) is 0.750. The van der Waals surface area contributed by atoms with E-state index in [9.17, 15) is 0 Å². The van der Waals surface area contributed by atoms with Crippen LogP contribution in [0.15, 0.2) is 0 Å². The van der Waals surface area contributed by atoms with Crippen molar-refractivity contribution in [2.24, 2.45) is 0 Å². The maximum absolute atomic E-state index is 8.89. The molecule has 0 amide bonds. The summed E-state index contributed by atoms with van der Waals surface area (Å²) in [6.45, 7) is 1.94. The van der Waals surface area contributed by atoms with Gasteiger partial charge in [0.15, 0.2) is 0 Å². The SMILES string of the molecule is CC(=O)[O-].CC(=O)[O-].C[O-].[NH4+].[NH4+].[NH4+]. The van der Waals surface area contributed by atoms with Gasteiger partial charge in [0.2, 0.25) is 0 Å². The Morgan fingerprint density at radius 3 is 0.769 bits per heavy atom. The number of carbonyl (C=O) groups excluding carboxylic acids is 2. The molecule has 0 saturated heterocycles. The molecule has 0 aliphatic heterocycles. The van der Waals surface area contributed by atoms with Gasteiger partial charge in [-0.3, -0.25) is 0 Å². The van der Waals surface area contributed by atoms with Crippen molar-refractivity contribution in [2.75, 3.05) is 7.11 Å². The van der Waals surface area contributed by atoms with E-state index in [0.717, 1.165) is 21.0 Å². The predicted octanol–water partition coefficient (Wildman–Crippen LogP) is -2.38. The minimum absolute atomic E-state index is 0. The third-order valence-electron chi connectivity index (χ3n) is 0. The number of carbonyl (C=O) groups is 2. The summed E-state index contributed by atoms with van der Waals surface area (Å²) < 4.78 is 0. The summed E-state index contributed by atoms with van der Waals surface area (Å²) in [5, 5.41) is 26.0. The quantitative estimate of drug-likeness (QED) is 0.391. The summed E-state index contributed by atoms with van der Waals surface area (Å²) in [4.78, 5) is 17.8. The predicted molar refractivity (Wildman–Crippen MR) is 45.2 cm³/mol.